The second kappa shape index (κ2) is 8.56. The number of imide groups is 1. The third-order valence-electron chi connectivity index (χ3n) is 6.96. The molecular formula is C27H26N2O5. The van der Waals surface area contributed by atoms with Crippen molar-refractivity contribution in [1.82, 2.24) is 0 Å². The van der Waals surface area contributed by atoms with E-state index >= 15 is 0 Å². The van der Waals surface area contributed by atoms with Crippen LogP contribution in [0.2, 0.25) is 0 Å². The Morgan fingerprint density at radius 2 is 1.76 bits per heavy atom. The number of hydrogen-bond donors (Lipinski definition) is 0. The minimum Gasteiger partial charge on any atom is -0.426 e. The maximum Gasteiger partial charge on any atom is 0.316 e. The fraction of sp³-hybridized carbons (Fsp3) is 0.333. The van der Waals surface area contributed by atoms with Crippen LogP contribution >= 0.6 is 0 Å². The highest BCUT2D eigenvalue weighted by Crippen LogP contribution is 2.40. The zero-order chi connectivity index (χ0) is 24.0. The summed E-state index contributed by atoms with van der Waals surface area (Å²) in [6, 6.07) is 14.0. The Kier molecular flexibility index (Phi) is 5.55. The normalized spacial score (nSPS) is 26.2. The maximum absolute atomic E-state index is 12.9. The maximum atomic E-state index is 12.9. The Hall–Kier alpha value is -3.74. The molecule has 7 heteroatoms. The second-order valence-corrected chi connectivity index (χ2v) is 9.33. The van der Waals surface area contributed by atoms with Gasteiger partial charge < -0.3 is 9.64 Å². The number of carbonyl (C=O) groups excluding carboxylic acids is 4. The van der Waals surface area contributed by atoms with Crippen molar-refractivity contribution in [2.24, 2.45) is 23.7 Å². The Labute approximate surface area is 198 Å². The Balaban J connectivity index is 1.25. The summed E-state index contributed by atoms with van der Waals surface area (Å²) in [5.41, 5.74) is 2.28. The molecule has 0 aromatic heterocycles. The Bertz CT molecular complexity index is 1200. The minimum absolute atomic E-state index is 0.0221. The number of ether oxygens (including phenoxy) is 1. The fourth-order valence-electron chi connectivity index (χ4n) is 5.18. The van der Waals surface area contributed by atoms with Crippen LogP contribution in [0.5, 0.6) is 5.75 Å². The lowest BCUT2D eigenvalue weighted by Gasteiger charge is -2.22. The highest BCUT2D eigenvalue weighted by molar-refractivity contribution is 6.22. The van der Waals surface area contributed by atoms with Crippen LogP contribution in [-0.2, 0) is 19.2 Å². The summed E-state index contributed by atoms with van der Waals surface area (Å²) >= 11 is 0. The van der Waals surface area contributed by atoms with Crippen LogP contribution in [0, 0.1) is 30.6 Å². The molecule has 5 rings (SSSR count). The smallest absolute Gasteiger partial charge is 0.316 e. The van der Waals surface area contributed by atoms with Gasteiger partial charge >= 0.3 is 5.97 Å². The quantitative estimate of drug-likeness (QED) is 0.302. The van der Waals surface area contributed by atoms with Gasteiger partial charge in [0, 0.05) is 18.7 Å². The van der Waals surface area contributed by atoms with Gasteiger partial charge in [0.15, 0.2) is 0 Å². The molecule has 174 valence electrons. The molecule has 0 bridgehead atoms. The predicted molar refractivity (Wildman–Crippen MR) is 126 cm³/mol. The minimum atomic E-state index is -0.563. The van der Waals surface area contributed by atoms with Crippen LogP contribution in [0.1, 0.15) is 25.3 Å². The third kappa shape index (κ3) is 3.81. The van der Waals surface area contributed by atoms with E-state index in [0.717, 1.165) is 11.3 Å². The molecule has 34 heavy (non-hydrogen) atoms. The number of amides is 3. The van der Waals surface area contributed by atoms with E-state index in [2.05, 4.69) is 0 Å². The van der Waals surface area contributed by atoms with Crippen molar-refractivity contribution in [2.45, 2.75) is 26.7 Å². The number of carbonyl (C=O) groups is 4. The molecule has 2 aromatic rings. The van der Waals surface area contributed by atoms with E-state index in [-0.39, 0.29) is 48.4 Å². The van der Waals surface area contributed by atoms with Gasteiger partial charge in [-0.05, 0) is 61.2 Å². The lowest BCUT2D eigenvalue weighted by molar-refractivity contribution is -0.139. The summed E-state index contributed by atoms with van der Waals surface area (Å²) in [7, 11) is 0. The van der Waals surface area contributed by atoms with Gasteiger partial charge in [0.1, 0.15) is 5.75 Å². The van der Waals surface area contributed by atoms with Gasteiger partial charge in [0.25, 0.3) is 0 Å². The summed E-state index contributed by atoms with van der Waals surface area (Å²) < 4.78 is 5.52. The van der Waals surface area contributed by atoms with Crippen molar-refractivity contribution in [1.29, 1.82) is 0 Å². The molecule has 2 aromatic carbocycles. The fourth-order valence-corrected chi connectivity index (χ4v) is 5.18. The van der Waals surface area contributed by atoms with Crippen molar-refractivity contribution in [3.05, 3.63) is 66.2 Å². The first-order valence-corrected chi connectivity index (χ1v) is 11.6. The van der Waals surface area contributed by atoms with Gasteiger partial charge in [-0.15, -0.1) is 0 Å². The van der Waals surface area contributed by atoms with Crippen LogP contribution in [0.25, 0.3) is 0 Å². The molecule has 1 aliphatic carbocycles. The SMILES string of the molecule is Cc1cccc(N2CC(C(=O)Oc3ccc(N4C(=O)C5CC=CC(C)C5C4=O)cc3)CC2=O)c1. The van der Waals surface area contributed by atoms with Crippen LogP contribution in [-0.4, -0.2) is 30.2 Å². The van der Waals surface area contributed by atoms with Gasteiger partial charge in [-0.3, -0.25) is 24.1 Å². The topological polar surface area (TPSA) is 84.0 Å². The summed E-state index contributed by atoms with van der Waals surface area (Å²) in [4.78, 5) is 53.9. The molecule has 0 saturated carbocycles. The van der Waals surface area contributed by atoms with Crippen LogP contribution in [0.3, 0.4) is 0 Å². The van der Waals surface area contributed by atoms with E-state index in [0.29, 0.717) is 17.9 Å². The first kappa shape index (κ1) is 22.1. The number of esters is 1. The Morgan fingerprint density at radius 3 is 2.47 bits per heavy atom. The zero-order valence-corrected chi connectivity index (χ0v) is 19.1. The van der Waals surface area contributed by atoms with Gasteiger partial charge in [-0.2, -0.15) is 0 Å². The molecule has 0 N–H and O–H groups in total. The average Bonchev–Trinajstić information content (AvgIpc) is 3.33. The molecule has 0 spiro atoms. The number of aryl methyl sites for hydroxylation is 1. The van der Waals surface area contributed by atoms with Crippen molar-refractivity contribution in [2.75, 3.05) is 16.3 Å². The summed E-state index contributed by atoms with van der Waals surface area (Å²) in [6.07, 6.45) is 4.63. The monoisotopic (exact) mass is 458 g/mol. The van der Waals surface area contributed by atoms with Gasteiger partial charge in [-0.1, -0.05) is 31.2 Å². The van der Waals surface area contributed by atoms with Crippen molar-refractivity contribution in [3.8, 4) is 5.75 Å². The highest BCUT2D eigenvalue weighted by Gasteiger charge is 2.50. The average molecular weight is 459 g/mol. The second-order valence-electron chi connectivity index (χ2n) is 9.33. The molecule has 2 aliphatic heterocycles. The molecular weight excluding hydrogens is 432 g/mol. The first-order valence-electron chi connectivity index (χ1n) is 11.6. The van der Waals surface area contributed by atoms with Crippen LogP contribution in [0.15, 0.2) is 60.7 Å². The van der Waals surface area contributed by atoms with E-state index < -0.39 is 11.9 Å². The van der Waals surface area contributed by atoms with E-state index in [9.17, 15) is 19.2 Å². The number of rotatable bonds is 4. The summed E-state index contributed by atoms with van der Waals surface area (Å²) in [5.74, 6) is -1.83. The molecule has 7 nitrogen and oxygen atoms in total. The standard InChI is InChI=1S/C27H26N2O5/c1-16-5-3-7-20(13-16)28-15-18(14-23(28)30)27(33)34-21-11-9-19(10-12-21)29-25(31)22-8-4-6-17(2)24(22)26(29)32/h3-7,9-13,17-18,22,24H,8,14-15H2,1-2H3. The van der Waals surface area contributed by atoms with E-state index in [1.54, 1.807) is 29.2 Å². The first-order chi connectivity index (χ1) is 16.3. The van der Waals surface area contributed by atoms with Gasteiger partial charge in [0.05, 0.1) is 23.4 Å². The lowest BCUT2D eigenvalue weighted by Crippen LogP contribution is -2.31. The molecule has 2 heterocycles. The van der Waals surface area contributed by atoms with E-state index in [4.69, 9.17) is 4.74 Å². The number of anilines is 2. The summed E-state index contributed by atoms with van der Waals surface area (Å²) in [6.45, 7) is 4.18. The zero-order valence-electron chi connectivity index (χ0n) is 19.1. The molecule has 3 aliphatic rings. The number of hydrogen-bond acceptors (Lipinski definition) is 5. The summed E-state index contributed by atoms with van der Waals surface area (Å²) in [5, 5.41) is 0. The molecule has 4 unspecified atom stereocenters. The van der Waals surface area contributed by atoms with E-state index in [1.807, 2.05) is 50.3 Å². The van der Waals surface area contributed by atoms with Crippen molar-refractivity contribution in [3.63, 3.8) is 0 Å². The van der Waals surface area contributed by atoms with Gasteiger partial charge in [0.2, 0.25) is 17.7 Å². The number of fused-ring (bicyclic) bond motifs is 1. The van der Waals surface area contributed by atoms with Crippen LogP contribution in [0.4, 0.5) is 11.4 Å². The number of allylic oxidation sites excluding steroid dienone is 2. The lowest BCUT2D eigenvalue weighted by atomic mass is 9.78. The molecule has 3 amide bonds. The van der Waals surface area contributed by atoms with Gasteiger partial charge in [-0.25, -0.2) is 0 Å². The van der Waals surface area contributed by atoms with Crippen molar-refractivity contribution >= 4 is 35.1 Å². The van der Waals surface area contributed by atoms with E-state index in [1.165, 1.54) is 4.90 Å². The Morgan fingerprint density at radius 1 is 1.00 bits per heavy atom. The highest BCUT2D eigenvalue weighted by atomic mass is 16.5. The molecule has 2 fully saturated rings. The molecule has 4 atom stereocenters. The third-order valence-corrected chi connectivity index (χ3v) is 6.96. The predicted octanol–water partition coefficient (Wildman–Crippen LogP) is 3.66. The molecule has 0 radical (unpaired) electrons. The number of benzene rings is 2. The largest absolute Gasteiger partial charge is 0.426 e. The van der Waals surface area contributed by atoms with Crippen molar-refractivity contribution < 1.29 is 23.9 Å². The van der Waals surface area contributed by atoms with Crippen LogP contribution < -0.4 is 14.5 Å². The molecule has 2 saturated heterocycles. The number of nitrogens with zero attached hydrogens (tertiary/aromatic N) is 2.